The van der Waals surface area contributed by atoms with Gasteiger partial charge in [0.2, 0.25) is 0 Å². The van der Waals surface area contributed by atoms with Crippen molar-refractivity contribution in [1.82, 2.24) is 4.90 Å². The van der Waals surface area contributed by atoms with Crippen LogP contribution in [0.15, 0.2) is 24.3 Å². The molecular weight excluding hydrogens is 297 g/mol. The fourth-order valence-electron chi connectivity index (χ4n) is 3.41. The van der Waals surface area contributed by atoms with Crippen LogP contribution in [0.3, 0.4) is 0 Å². The minimum Gasteiger partial charge on any atom is -0.545 e. The van der Waals surface area contributed by atoms with Gasteiger partial charge in [0.05, 0.1) is 5.97 Å². The van der Waals surface area contributed by atoms with E-state index < -0.39 is 5.97 Å². The summed E-state index contributed by atoms with van der Waals surface area (Å²) in [5, 5.41) is 10.8. The molecule has 1 aromatic rings. The van der Waals surface area contributed by atoms with Crippen LogP contribution in [0.2, 0.25) is 0 Å². The van der Waals surface area contributed by atoms with Crippen molar-refractivity contribution in [3.05, 3.63) is 35.4 Å². The number of nitrogens with zero attached hydrogens (tertiary/aromatic N) is 1. The van der Waals surface area contributed by atoms with Gasteiger partial charge in [0.1, 0.15) is 0 Å². The molecule has 1 atom stereocenters. The molecule has 0 saturated carbocycles. The van der Waals surface area contributed by atoms with Crippen LogP contribution in [-0.4, -0.2) is 24.0 Å². The predicted octanol–water partition coefficient (Wildman–Crippen LogP) is 0.552. The summed E-state index contributed by atoms with van der Waals surface area (Å²) in [7, 11) is 0. The Bertz CT molecular complexity index is 461. The summed E-state index contributed by atoms with van der Waals surface area (Å²) >= 11 is 0. The fraction of sp³-hybridized carbons (Fsp3) is 0.632. The molecule has 1 heterocycles. The Morgan fingerprint density at radius 2 is 1.78 bits per heavy atom. The van der Waals surface area contributed by atoms with Crippen LogP contribution in [0.25, 0.3) is 0 Å². The van der Waals surface area contributed by atoms with Crippen LogP contribution < -0.4 is 34.7 Å². The number of hydrogen-bond acceptors (Lipinski definition) is 3. The molecule has 1 saturated heterocycles. The Morgan fingerprint density at radius 1 is 1.13 bits per heavy atom. The van der Waals surface area contributed by atoms with Gasteiger partial charge in [-0.25, -0.2) is 0 Å². The molecule has 0 bridgehead atoms. The van der Waals surface area contributed by atoms with Crippen LogP contribution in [0, 0.1) is 0 Å². The van der Waals surface area contributed by atoms with Gasteiger partial charge in [0, 0.05) is 6.04 Å². The maximum absolute atomic E-state index is 10.8. The number of likely N-dealkylation sites (tertiary alicyclic amines) is 1. The van der Waals surface area contributed by atoms with Gasteiger partial charge >= 0.3 is 29.6 Å². The number of hydrogen-bond donors (Lipinski definition) is 0. The molecule has 3 nitrogen and oxygen atoms in total. The Hall–Kier alpha value is -0.350. The zero-order chi connectivity index (χ0) is 15.8. The summed E-state index contributed by atoms with van der Waals surface area (Å²) < 4.78 is 0. The second-order valence-corrected chi connectivity index (χ2v) is 6.37. The Kier molecular flexibility index (Phi) is 10.1. The molecule has 1 aliphatic rings. The average Bonchev–Trinajstić information content (AvgIpc) is 2.99. The molecule has 0 N–H and O–H groups in total. The predicted molar refractivity (Wildman–Crippen MR) is 87.7 cm³/mol. The third kappa shape index (κ3) is 6.58. The van der Waals surface area contributed by atoms with Gasteiger partial charge in [-0.2, -0.15) is 0 Å². The molecule has 122 valence electrons. The summed E-state index contributed by atoms with van der Waals surface area (Å²) in [6.45, 7) is 4.58. The first-order valence-electron chi connectivity index (χ1n) is 8.77. The molecule has 0 amide bonds. The van der Waals surface area contributed by atoms with Gasteiger partial charge in [-0.1, -0.05) is 63.3 Å². The number of unbranched alkanes of at least 4 members (excludes halogenated alkanes) is 5. The molecule has 0 unspecified atom stereocenters. The third-order valence-electron chi connectivity index (χ3n) is 4.69. The fourth-order valence-corrected chi connectivity index (χ4v) is 3.41. The first kappa shape index (κ1) is 20.7. The van der Waals surface area contributed by atoms with Crippen molar-refractivity contribution in [2.75, 3.05) is 13.1 Å². The van der Waals surface area contributed by atoms with Crippen molar-refractivity contribution >= 4 is 5.97 Å². The molecule has 4 heteroatoms. The summed E-state index contributed by atoms with van der Waals surface area (Å²) in [5.41, 5.74) is 1.51. The molecule has 2 rings (SSSR count). The van der Waals surface area contributed by atoms with Crippen molar-refractivity contribution in [3.63, 3.8) is 0 Å². The smallest absolute Gasteiger partial charge is 0.545 e. The van der Waals surface area contributed by atoms with Crippen LogP contribution in [0.1, 0.15) is 80.3 Å². The second kappa shape index (κ2) is 11.2. The van der Waals surface area contributed by atoms with E-state index in [-0.39, 0.29) is 35.1 Å². The molecule has 1 aromatic carbocycles. The minimum atomic E-state index is -1.10. The van der Waals surface area contributed by atoms with Crippen LogP contribution in [0.5, 0.6) is 0 Å². The monoisotopic (exact) mass is 325 g/mol. The van der Waals surface area contributed by atoms with Gasteiger partial charge < -0.3 is 9.90 Å². The molecule has 0 radical (unpaired) electrons. The van der Waals surface area contributed by atoms with E-state index in [0.29, 0.717) is 6.04 Å². The van der Waals surface area contributed by atoms with Crippen LogP contribution in [0.4, 0.5) is 0 Å². The molecule has 0 aromatic heterocycles. The number of aromatic carboxylic acids is 1. The molecular formula is C19H28NNaO2. The number of carboxylic acids is 1. The third-order valence-corrected chi connectivity index (χ3v) is 4.69. The Balaban J connectivity index is 0.00000264. The van der Waals surface area contributed by atoms with Crippen molar-refractivity contribution in [1.29, 1.82) is 0 Å². The van der Waals surface area contributed by atoms with E-state index in [1.807, 2.05) is 12.1 Å². The molecule has 1 aliphatic heterocycles. The number of rotatable bonds is 9. The van der Waals surface area contributed by atoms with Crippen molar-refractivity contribution in [2.45, 2.75) is 64.3 Å². The van der Waals surface area contributed by atoms with Crippen LogP contribution >= 0.6 is 0 Å². The summed E-state index contributed by atoms with van der Waals surface area (Å²) in [4.78, 5) is 13.4. The van der Waals surface area contributed by atoms with Gasteiger partial charge in [-0.15, -0.1) is 0 Å². The summed E-state index contributed by atoms with van der Waals surface area (Å²) in [6, 6.07) is 7.72. The number of benzene rings is 1. The summed E-state index contributed by atoms with van der Waals surface area (Å²) in [5.74, 6) is -1.10. The summed E-state index contributed by atoms with van der Waals surface area (Å²) in [6.07, 6.45) is 10.4. The average molecular weight is 325 g/mol. The van der Waals surface area contributed by atoms with Gasteiger partial charge in [-0.3, -0.25) is 4.90 Å². The maximum atomic E-state index is 10.8. The Labute approximate surface area is 162 Å². The first-order valence-corrected chi connectivity index (χ1v) is 8.77. The topological polar surface area (TPSA) is 43.4 Å². The van der Waals surface area contributed by atoms with Gasteiger partial charge in [0.25, 0.3) is 0 Å². The maximum Gasteiger partial charge on any atom is 1.00 e. The van der Waals surface area contributed by atoms with E-state index in [1.165, 1.54) is 70.0 Å². The zero-order valence-corrected chi connectivity index (χ0v) is 16.7. The van der Waals surface area contributed by atoms with E-state index in [0.717, 1.165) is 0 Å². The van der Waals surface area contributed by atoms with E-state index in [9.17, 15) is 9.90 Å². The van der Waals surface area contributed by atoms with E-state index >= 15 is 0 Å². The van der Waals surface area contributed by atoms with Crippen molar-refractivity contribution in [3.8, 4) is 0 Å². The van der Waals surface area contributed by atoms with E-state index in [2.05, 4.69) is 11.8 Å². The van der Waals surface area contributed by atoms with E-state index in [1.54, 1.807) is 12.1 Å². The number of carbonyl (C=O) groups is 1. The van der Waals surface area contributed by atoms with Gasteiger partial charge in [-0.05, 0) is 43.5 Å². The van der Waals surface area contributed by atoms with Crippen molar-refractivity contribution in [2.24, 2.45) is 0 Å². The zero-order valence-electron chi connectivity index (χ0n) is 14.7. The largest absolute Gasteiger partial charge is 1.00 e. The number of carbonyl (C=O) groups excluding carboxylic acids is 1. The molecule has 1 fully saturated rings. The molecule has 0 aliphatic carbocycles. The first-order chi connectivity index (χ1) is 10.7. The molecule has 0 spiro atoms. The van der Waals surface area contributed by atoms with E-state index in [4.69, 9.17) is 0 Å². The van der Waals surface area contributed by atoms with Crippen LogP contribution in [-0.2, 0) is 0 Å². The Morgan fingerprint density at radius 3 is 2.43 bits per heavy atom. The second-order valence-electron chi connectivity index (χ2n) is 6.37. The SMILES string of the molecule is CCCCCCCCN1CCC[C@@H]1c1ccc(C(=O)[O-])cc1.[Na+]. The number of carboxylic acid groups (broad SMARTS) is 1. The molecule has 23 heavy (non-hydrogen) atoms. The normalized spacial score (nSPS) is 17.9. The van der Waals surface area contributed by atoms with Crippen molar-refractivity contribution < 1.29 is 39.5 Å². The van der Waals surface area contributed by atoms with Gasteiger partial charge in [0.15, 0.2) is 0 Å². The standard InChI is InChI=1S/C19H29NO2.Na/c1-2-3-4-5-6-7-14-20-15-8-9-18(20)16-10-12-17(13-11-16)19(21)22;/h10-13,18H,2-9,14-15H2,1H3,(H,21,22);/q;+1/p-1/t18-;/m1./s1. The minimum absolute atomic E-state index is 0. The quantitative estimate of drug-likeness (QED) is 0.492.